The molecule has 4 nitrogen and oxygen atoms in total. The summed E-state index contributed by atoms with van der Waals surface area (Å²) in [7, 11) is 3.89. The molecular formula is C18H28ClN3O. The Hall–Kier alpha value is -1.26. The van der Waals surface area contributed by atoms with E-state index in [0.717, 1.165) is 37.3 Å². The van der Waals surface area contributed by atoms with Crippen molar-refractivity contribution in [2.45, 2.75) is 39.2 Å². The molecule has 2 rings (SSSR count). The summed E-state index contributed by atoms with van der Waals surface area (Å²) < 4.78 is 0. The van der Waals surface area contributed by atoms with Crippen molar-refractivity contribution in [1.82, 2.24) is 4.90 Å². The molecule has 0 saturated carbocycles. The van der Waals surface area contributed by atoms with E-state index in [9.17, 15) is 4.79 Å². The van der Waals surface area contributed by atoms with Crippen molar-refractivity contribution < 1.29 is 4.79 Å². The zero-order valence-electron chi connectivity index (χ0n) is 14.6. The van der Waals surface area contributed by atoms with Crippen molar-refractivity contribution in [1.29, 1.82) is 0 Å². The van der Waals surface area contributed by atoms with Gasteiger partial charge in [-0.2, -0.15) is 0 Å². The standard InChI is InChI=1S/C18H28ClN3O/c1-13(2)22-9-7-14(8-10-22)11-18(23)20-15-5-6-17(21(3)4)16(19)12-15/h5-6,12-14H,7-11H2,1-4H3,(H,20,23). The van der Waals surface area contributed by atoms with Gasteiger partial charge in [0.1, 0.15) is 0 Å². The Morgan fingerprint density at radius 3 is 2.52 bits per heavy atom. The molecule has 0 spiro atoms. The molecule has 1 aliphatic heterocycles. The van der Waals surface area contributed by atoms with Crippen molar-refractivity contribution in [2.24, 2.45) is 5.92 Å². The molecule has 0 aromatic heterocycles. The molecule has 0 aliphatic carbocycles. The van der Waals surface area contributed by atoms with Crippen molar-refractivity contribution in [3.8, 4) is 0 Å². The highest BCUT2D eigenvalue weighted by molar-refractivity contribution is 6.33. The Morgan fingerprint density at radius 2 is 2.00 bits per heavy atom. The molecule has 1 aromatic rings. The first-order valence-corrected chi connectivity index (χ1v) is 8.75. The topological polar surface area (TPSA) is 35.6 Å². The number of hydrogen-bond donors (Lipinski definition) is 1. The van der Waals surface area contributed by atoms with Crippen molar-refractivity contribution >= 4 is 28.9 Å². The van der Waals surface area contributed by atoms with Gasteiger partial charge in [0.2, 0.25) is 5.91 Å². The second-order valence-corrected chi connectivity index (χ2v) is 7.29. The molecule has 1 aliphatic rings. The van der Waals surface area contributed by atoms with E-state index in [1.807, 2.05) is 37.2 Å². The highest BCUT2D eigenvalue weighted by Gasteiger charge is 2.22. The third-order valence-corrected chi connectivity index (χ3v) is 4.87. The van der Waals surface area contributed by atoms with Gasteiger partial charge >= 0.3 is 0 Å². The Balaban J connectivity index is 1.85. The number of halogens is 1. The fourth-order valence-corrected chi connectivity index (χ4v) is 3.44. The minimum atomic E-state index is 0.0849. The molecule has 0 radical (unpaired) electrons. The normalized spacial score (nSPS) is 16.6. The highest BCUT2D eigenvalue weighted by Crippen LogP contribution is 2.28. The maximum absolute atomic E-state index is 12.2. The lowest BCUT2D eigenvalue weighted by Gasteiger charge is -2.34. The van der Waals surface area contributed by atoms with Crippen LogP contribution in [-0.4, -0.2) is 44.0 Å². The lowest BCUT2D eigenvalue weighted by atomic mass is 9.92. The number of carbonyl (C=O) groups is 1. The molecule has 23 heavy (non-hydrogen) atoms. The van der Waals surface area contributed by atoms with Gasteiger partial charge in [0.25, 0.3) is 0 Å². The van der Waals surface area contributed by atoms with E-state index in [-0.39, 0.29) is 5.91 Å². The Bertz CT molecular complexity index is 537. The van der Waals surface area contributed by atoms with E-state index in [1.165, 1.54) is 0 Å². The van der Waals surface area contributed by atoms with Crippen LogP contribution in [-0.2, 0) is 4.79 Å². The fraction of sp³-hybridized carbons (Fsp3) is 0.611. The number of benzene rings is 1. The van der Waals surface area contributed by atoms with E-state index in [1.54, 1.807) is 0 Å². The van der Waals surface area contributed by atoms with Crippen molar-refractivity contribution in [2.75, 3.05) is 37.4 Å². The van der Waals surface area contributed by atoms with Gasteiger partial charge in [-0.05, 0) is 63.9 Å². The maximum Gasteiger partial charge on any atom is 0.224 e. The number of likely N-dealkylation sites (tertiary alicyclic amines) is 1. The van der Waals surface area contributed by atoms with Gasteiger partial charge in [-0.15, -0.1) is 0 Å². The second kappa shape index (κ2) is 8.02. The van der Waals surface area contributed by atoms with E-state index in [0.29, 0.717) is 23.4 Å². The minimum absolute atomic E-state index is 0.0849. The average molecular weight is 338 g/mol. The first kappa shape index (κ1) is 18.1. The van der Waals surface area contributed by atoms with Crippen LogP contribution in [0.2, 0.25) is 5.02 Å². The van der Waals surface area contributed by atoms with Crippen LogP contribution in [0.25, 0.3) is 0 Å². The van der Waals surface area contributed by atoms with Crippen LogP contribution < -0.4 is 10.2 Å². The van der Waals surface area contributed by atoms with E-state index in [2.05, 4.69) is 24.1 Å². The summed E-state index contributed by atoms with van der Waals surface area (Å²) >= 11 is 6.25. The quantitative estimate of drug-likeness (QED) is 0.886. The summed E-state index contributed by atoms with van der Waals surface area (Å²) in [5.41, 5.74) is 1.72. The Morgan fingerprint density at radius 1 is 1.35 bits per heavy atom. The molecule has 1 fully saturated rings. The largest absolute Gasteiger partial charge is 0.376 e. The first-order valence-electron chi connectivity index (χ1n) is 8.37. The van der Waals surface area contributed by atoms with Crippen LogP contribution in [0.1, 0.15) is 33.1 Å². The number of rotatable bonds is 5. The summed E-state index contributed by atoms with van der Waals surface area (Å²) in [6, 6.07) is 6.25. The zero-order valence-corrected chi connectivity index (χ0v) is 15.4. The molecule has 5 heteroatoms. The Kier molecular flexibility index (Phi) is 6.31. The lowest BCUT2D eigenvalue weighted by molar-refractivity contribution is -0.117. The number of piperidine rings is 1. The summed E-state index contributed by atoms with van der Waals surface area (Å²) in [6.07, 6.45) is 2.80. The third kappa shape index (κ3) is 5.11. The lowest BCUT2D eigenvalue weighted by Crippen LogP contribution is -2.39. The van der Waals surface area contributed by atoms with E-state index in [4.69, 9.17) is 11.6 Å². The molecule has 1 aromatic carbocycles. The van der Waals surface area contributed by atoms with Gasteiger partial charge in [-0.3, -0.25) is 4.79 Å². The summed E-state index contributed by atoms with van der Waals surface area (Å²) in [5.74, 6) is 0.572. The molecule has 1 amide bonds. The summed E-state index contributed by atoms with van der Waals surface area (Å²) in [4.78, 5) is 16.7. The van der Waals surface area contributed by atoms with Gasteiger partial charge < -0.3 is 15.1 Å². The van der Waals surface area contributed by atoms with E-state index >= 15 is 0 Å². The van der Waals surface area contributed by atoms with Crippen LogP contribution in [0, 0.1) is 5.92 Å². The predicted molar refractivity (Wildman–Crippen MR) is 98.5 cm³/mol. The SMILES string of the molecule is CC(C)N1CCC(CC(=O)Nc2ccc(N(C)C)c(Cl)c2)CC1. The van der Waals surface area contributed by atoms with Crippen LogP contribution in [0.4, 0.5) is 11.4 Å². The van der Waals surface area contributed by atoms with Crippen molar-refractivity contribution in [3.63, 3.8) is 0 Å². The molecule has 1 heterocycles. The second-order valence-electron chi connectivity index (χ2n) is 6.89. The predicted octanol–water partition coefficient (Wildman–Crippen LogP) is 3.86. The molecule has 0 atom stereocenters. The number of amides is 1. The first-order chi connectivity index (χ1) is 10.9. The molecule has 1 saturated heterocycles. The van der Waals surface area contributed by atoms with Gasteiger partial charge in [0.05, 0.1) is 10.7 Å². The zero-order chi connectivity index (χ0) is 17.0. The number of hydrogen-bond acceptors (Lipinski definition) is 3. The monoisotopic (exact) mass is 337 g/mol. The average Bonchev–Trinajstić information content (AvgIpc) is 2.47. The number of nitrogens with zero attached hydrogens (tertiary/aromatic N) is 2. The minimum Gasteiger partial charge on any atom is -0.376 e. The summed E-state index contributed by atoms with van der Waals surface area (Å²) in [5, 5.41) is 3.63. The number of carbonyl (C=O) groups excluding carboxylic acids is 1. The molecule has 1 N–H and O–H groups in total. The molecule has 0 bridgehead atoms. The van der Waals surface area contributed by atoms with Crippen molar-refractivity contribution in [3.05, 3.63) is 23.2 Å². The fourth-order valence-electron chi connectivity index (χ4n) is 3.10. The van der Waals surface area contributed by atoms with Crippen LogP contribution in [0.3, 0.4) is 0 Å². The van der Waals surface area contributed by atoms with Gasteiger partial charge in [-0.1, -0.05) is 11.6 Å². The third-order valence-electron chi connectivity index (χ3n) is 4.57. The molecule has 0 unspecified atom stereocenters. The van der Waals surface area contributed by atoms with Crippen LogP contribution in [0.5, 0.6) is 0 Å². The van der Waals surface area contributed by atoms with Crippen LogP contribution in [0.15, 0.2) is 18.2 Å². The molecule has 128 valence electrons. The van der Waals surface area contributed by atoms with Gasteiger partial charge in [0, 0.05) is 32.2 Å². The number of anilines is 2. The smallest absolute Gasteiger partial charge is 0.224 e. The number of nitrogens with one attached hydrogen (secondary N) is 1. The Labute approximate surface area is 144 Å². The molecular weight excluding hydrogens is 310 g/mol. The van der Waals surface area contributed by atoms with Crippen LogP contribution >= 0.6 is 11.6 Å². The highest BCUT2D eigenvalue weighted by atomic mass is 35.5. The van der Waals surface area contributed by atoms with Gasteiger partial charge in [0.15, 0.2) is 0 Å². The van der Waals surface area contributed by atoms with E-state index < -0.39 is 0 Å². The maximum atomic E-state index is 12.2. The van der Waals surface area contributed by atoms with Gasteiger partial charge in [-0.25, -0.2) is 0 Å². The summed E-state index contributed by atoms with van der Waals surface area (Å²) in [6.45, 7) is 6.65.